The van der Waals surface area contributed by atoms with Crippen LogP contribution in [0.15, 0.2) is 27.5 Å². The zero-order valence-corrected chi connectivity index (χ0v) is 17.1. The third-order valence-electron chi connectivity index (χ3n) is 3.35. The summed E-state index contributed by atoms with van der Waals surface area (Å²) in [5.41, 5.74) is 0.392. The molecule has 0 saturated carbocycles. The van der Waals surface area contributed by atoms with Gasteiger partial charge in [0.05, 0.1) is 6.61 Å². The van der Waals surface area contributed by atoms with E-state index in [1.54, 1.807) is 26.3 Å². The Morgan fingerprint density at radius 1 is 1.28 bits per heavy atom. The van der Waals surface area contributed by atoms with E-state index in [4.69, 9.17) is 9.47 Å². The number of carbonyl (C=O) groups excluding carboxylic acids is 1. The Labute approximate surface area is 167 Å². The van der Waals surface area contributed by atoms with Gasteiger partial charge in [0.25, 0.3) is 10.0 Å². The molecule has 0 bridgehead atoms. The van der Waals surface area contributed by atoms with Crippen molar-refractivity contribution in [2.45, 2.75) is 24.4 Å². The molecule has 12 heteroatoms. The van der Waals surface area contributed by atoms with Gasteiger partial charge >= 0.3 is 12.1 Å². The lowest BCUT2D eigenvalue weighted by molar-refractivity contribution is -0.173. The average molecular weight is 439 g/mol. The standard InChI is InChI=1S/C17H24F3N3O5S/c1-4-27-9-10-28-14-6-5-13(7-8-21-16(24)17(18,19)20)11-15(14)29(25,26)22-12-23(2)3/h5-6,11-12H,4,7-10H2,1-3H3,(H,21,24)/b22-12+. The molecule has 164 valence electrons. The number of alkyl halides is 3. The largest absolute Gasteiger partial charge is 0.490 e. The Morgan fingerprint density at radius 2 is 1.97 bits per heavy atom. The van der Waals surface area contributed by atoms with Crippen molar-refractivity contribution < 1.29 is 35.9 Å². The van der Waals surface area contributed by atoms with E-state index in [1.807, 2.05) is 0 Å². The van der Waals surface area contributed by atoms with Crippen molar-refractivity contribution in [2.75, 3.05) is 40.5 Å². The van der Waals surface area contributed by atoms with E-state index >= 15 is 0 Å². The zero-order valence-electron chi connectivity index (χ0n) is 16.3. The number of nitrogens with zero attached hydrogens (tertiary/aromatic N) is 2. The van der Waals surface area contributed by atoms with Crippen LogP contribution in [0.4, 0.5) is 13.2 Å². The summed E-state index contributed by atoms with van der Waals surface area (Å²) in [7, 11) is -0.930. The molecule has 1 N–H and O–H groups in total. The second kappa shape index (κ2) is 11.0. The number of carbonyl (C=O) groups is 1. The van der Waals surface area contributed by atoms with Crippen molar-refractivity contribution >= 4 is 22.3 Å². The Hall–Kier alpha value is -2.34. The van der Waals surface area contributed by atoms with Crippen molar-refractivity contribution in [2.24, 2.45) is 4.40 Å². The molecule has 8 nitrogen and oxygen atoms in total. The first-order valence-electron chi connectivity index (χ1n) is 8.62. The van der Waals surface area contributed by atoms with Crippen LogP contribution in [0.25, 0.3) is 0 Å². The third kappa shape index (κ3) is 8.69. The molecule has 1 aromatic carbocycles. The number of amides is 1. The molecule has 0 aromatic heterocycles. The molecular weight excluding hydrogens is 415 g/mol. The summed E-state index contributed by atoms with van der Waals surface area (Å²) >= 11 is 0. The molecule has 0 atom stereocenters. The lowest BCUT2D eigenvalue weighted by Gasteiger charge is -2.13. The Kier molecular flexibility index (Phi) is 9.37. The minimum Gasteiger partial charge on any atom is -0.490 e. The van der Waals surface area contributed by atoms with E-state index in [9.17, 15) is 26.4 Å². The van der Waals surface area contributed by atoms with Crippen molar-refractivity contribution in [3.63, 3.8) is 0 Å². The predicted molar refractivity (Wildman–Crippen MR) is 101 cm³/mol. The fraction of sp³-hybridized carbons (Fsp3) is 0.529. The van der Waals surface area contributed by atoms with Gasteiger partial charge in [0.15, 0.2) is 0 Å². The molecule has 1 rings (SSSR count). The van der Waals surface area contributed by atoms with Crippen molar-refractivity contribution in [1.82, 2.24) is 10.2 Å². The smallest absolute Gasteiger partial charge is 0.471 e. The number of halogens is 3. The highest BCUT2D eigenvalue weighted by molar-refractivity contribution is 7.90. The van der Waals surface area contributed by atoms with Crippen molar-refractivity contribution in [1.29, 1.82) is 0 Å². The van der Waals surface area contributed by atoms with Crippen LogP contribution in [-0.2, 0) is 26.0 Å². The summed E-state index contributed by atoms with van der Waals surface area (Å²) in [5, 5.41) is 1.73. The maximum Gasteiger partial charge on any atom is 0.471 e. The molecule has 0 radical (unpaired) electrons. The van der Waals surface area contributed by atoms with Gasteiger partial charge in [-0.25, -0.2) is 0 Å². The van der Waals surface area contributed by atoms with Crippen LogP contribution in [-0.4, -0.2) is 72.2 Å². The van der Waals surface area contributed by atoms with Gasteiger partial charge in [-0.15, -0.1) is 4.40 Å². The van der Waals surface area contributed by atoms with Crippen LogP contribution in [0.5, 0.6) is 5.75 Å². The van der Waals surface area contributed by atoms with E-state index in [0.717, 1.165) is 6.34 Å². The maximum atomic E-state index is 12.6. The van der Waals surface area contributed by atoms with Crippen molar-refractivity contribution in [3.05, 3.63) is 23.8 Å². The maximum absolute atomic E-state index is 12.6. The van der Waals surface area contributed by atoms with E-state index in [1.165, 1.54) is 23.1 Å². The second-order valence-corrected chi connectivity index (χ2v) is 7.59. The van der Waals surface area contributed by atoms with Gasteiger partial charge in [0, 0.05) is 27.2 Å². The van der Waals surface area contributed by atoms with E-state index in [0.29, 0.717) is 12.2 Å². The summed E-state index contributed by atoms with van der Waals surface area (Å²) in [6.07, 6.45) is -3.88. The van der Waals surface area contributed by atoms with Crippen molar-refractivity contribution in [3.8, 4) is 5.75 Å². The second-order valence-electron chi connectivity index (χ2n) is 5.99. The van der Waals surface area contributed by atoms with Crippen LogP contribution in [0.3, 0.4) is 0 Å². The van der Waals surface area contributed by atoms with Gasteiger partial charge in [-0.1, -0.05) is 6.07 Å². The van der Waals surface area contributed by atoms with E-state index in [-0.39, 0.29) is 36.8 Å². The first-order chi connectivity index (χ1) is 13.5. The van der Waals surface area contributed by atoms with Crippen LogP contribution in [0, 0.1) is 0 Å². The number of hydrogen-bond acceptors (Lipinski definition) is 5. The van der Waals surface area contributed by atoms with Gasteiger partial charge < -0.3 is 19.7 Å². The molecule has 0 aliphatic rings. The van der Waals surface area contributed by atoms with Crippen LogP contribution in [0.1, 0.15) is 12.5 Å². The molecule has 0 aliphatic heterocycles. The normalized spacial score (nSPS) is 12.2. The molecule has 0 spiro atoms. The summed E-state index contributed by atoms with van der Waals surface area (Å²) in [5.74, 6) is -2.01. The minimum atomic E-state index is -4.98. The minimum absolute atomic E-state index is 0.0129. The Morgan fingerprint density at radius 3 is 2.55 bits per heavy atom. The summed E-state index contributed by atoms with van der Waals surface area (Å²) < 4.78 is 76.0. The summed E-state index contributed by atoms with van der Waals surface area (Å²) in [4.78, 5) is 12.1. The van der Waals surface area contributed by atoms with Gasteiger partial charge in [-0.05, 0) is 31.0 Å². The molecule has 0 saturated heterocycles. The molecule has 0 fully saturated rings. The highest BCUT2D eigenvalue weighted by Crippen LogP contribution is 2.27. The first-order valence-corrected chi connectivity index (χ1v) is 10.1. The molecule has 0 aliphatic carbocycles. The van der Waals surface area contributed by atoms with Crippen LogP contribution >= 0.6 is 0 Å². The van der Waals surface area contributed by atoms with Gasteiger partial charge in [0.2, 0.25) is 0 Å². The van der Waals surface area contributed by atoms with Gasteiger partial charge in [-0.2, -0.15) is 21.6 Å². The topological polar surface area (TPSA) is 97.3 Å². The fourth-order valence-electron chi connectivity index (χ4n) is 2.02. The quantitative estimate of drug-likeness (QED) is 0.320. The van der Waals surface area contributed by atoms with Crippen LogP contribution in [0.2, 0.25) is 0 Å². The first kappa shape index (κ1) is 24.7. The molecule has 0 heterocycles. The number of hydrogen-bond donors (Lipinski definition) is 1. The Balaban J connectivity index is 3.02. The molecule has 29 heavy (non-hydrogen) atoms. The number of nitrogens with one attached hydrogen (secondary N) is 1. The van der Waals surface area contributed by atoms with E-state index < -0.39 is 22.1 Å². The monoisotopic (exact) mass is 439 g/mol. The molecule has 1 amide bonds. The highest BCUT2D eigenvalue weighted by atomic mass is 32.2. The zero-order chi connectivity index (χ0) is 22.1. The predicted octanol–water partition coefficient (Wildman–Crippen LogP) is 1.60. The molecule has 0 unspecified atom stereocenters. The van der Waals surface area contributed by atoms with Gasteiger partial charge in [-0.3, -0.25) is 4.79 Å². The Bertz CT molecular complexity index is 811. The summed E-state index contributed by atoms with van der Waals surface area (Å²) in [6.45, 7) is 2.32. The number of benzene rings is 1. The third-order valence-corrected chi connectivity index (χ3v) is 4.60. The summed E-state index contributed by atoms with van der Waals surface area (Å²) in [6, 6.07) is 4.16. The lowest BCUT2D eigenvalue weighted by Crippen LogP contribution is -2.37. The highest BCUT2D eigenvalue weighted by Gasteiger charge is 2.38. The molecule has 1 aromatic rings. The number of sulfonamides is 1. The fourth-order valence-corrected chi connectivity index (χ4v) is 3.13. The average Bonchev–Trinajstić information content (AvgIpc) is 2.63. The number of ether oxygens (including phenoxy) is 2. The number of rotatable bonds is 11. The van der Waals surface area contributed by atoms with Gasteiger partial charge in [0.1, 0.15) is 23.6 Å². The lowest BCUT2D eigenvalue weighted by atomic mass is 10.1. The van der Waals surface area contributed by atoms with Crippen LogP contribution < -0.4 is 10.1 Å². The van der Waals surface area contributed by atoms with E-state index in [2.05, 4.69) is 4.40 Å². The molecular formula is C17H24F3N3O5S. The SMILES string of the molecule is CCOCCOc1ccc(CCNC(=O)C(F)(F)F)cc1S(=O)(=O)/N=C/N(C)C.